The number of hydrogen-bond acceptors (Lipinski definition) is 3. The number of carboxylic acids is 1. The molecule has 1 fully saturated rings. The van der Waals surface area contributed by atoms with Crippen LogP contribution in [0.1, 0.15) is 39.5 Å². The number of carbonyl (C=O) groups is 2. The van der Waals surface area contributed by atoms with Gasteiger partial charge in [-0.2, -0.15) is 0 Å². The minimum absolute atomic E-state index is 0.0189. The molecule has 0 spiro atoms. The maximum Gasteiger partial charge on any atom is 0.317 e. The first-order valence-corrected chi connectivity index (χ1v) is 7.70. The highest BCUT2D eigenvalue weighted by Crippen LogP contribution is 2.16. The Labute approximate surface area is 126 Å². The molecule has 0 saturated carbocycles. The Kier molecular flexibility index (Phi) is 7.50. The SMILES string of the molecule is CC(C)CC(CNC(=O)N(C)C1CCOCC1)CC(=O)O. The Morgan fingerprint density at radius 1 is 1.33 bits per heavy atom. The Bertz CT molecular complexity index is 341. The van der Waals surface area contributed by atoms with Crippen LogP contribution in [0.5, 0.6) is 0 Å². The monoisotopic (exact) mass is 300 g/mol. The molecule has 1 saturated heterocycles. The van der Waals surface area contributed by atoms with Crippen molar-refractivity contribution in [3.63, 3.8) is 0 Å². The molecule has 1 atom stereocenters. The third kappa shape index (κ3) is 6.80. The summed E-state index contributed by atoms with van der Waals surface area (Å²) in [6.45, 7) is 5.92. The molecule has 21 heavy (non-hydrogen) atoms. The second-order valence-electron chi connectivity index (χ2n) is 6.23. The normalized spacial score (nSPS) is 17.5. The number of hydrogen-bond donors (Lipinski definition) is 2. The zero-order valence-electron chi connectivity index (χ0n) is 13.3. The van der Waals surface area contributed by atoms with Crippen LogP contribution in [0.25, 0.3) is 0 Å². The minimum atomic E-state index is -0.812. The highest BCUT2D eigenvalue weighted by Gasteiger charge is 2.23. The van der Waals surface area contributed by atoms with Gasteiger partial charge in [-0.3, -0.25) is 4.79 Å². The zero-order chi connectivity index (χ0) is 15.8. The van der Waals surface area contributed by atoms with Crippen LogP contribution in [0, 0.1) is 11.8 Å². The number of nitrogens with one attached hydrogen (secondary N) is 1. The molecule has 1 rings (SSSR count). The van der Waals surface area contributed by atoms with E-state index in [0.29, 0.717) is 25.7 Å². The summed E-state index contributed by atoms with van der Waals surface area (Å²) in [5, 5.41) is 11.8. The van der Waals surface area contributed by atoms with Gasteiger partial charge >= 0.3 is 12.0 Å². The first-order chi connectivity index (χ1) is 9.90. The van der Waals surface area contributed by atoms with E-state index in [2.05, 4.69) is 19.2 Å². The van der Waals surface area contributed by atoms with Gasteiger partial charge in [-0.1, -0.05) is 13.8 Å². The van der Waals surface area contributed by atoms with Crippen molar-refractivity contribution < 1.29 is 19.4 Å². The van der Waals surface area contributed by atoms with Gasteiger partial charge in [0.1, 0.15) is 0 Å². The first kappa shape index (κ1) is 17.8. The van der Waals surface area contributed by atoms with Crippen LogP contribution < -0.4 is 5.32 Å². The molecular weight excluding hydrogens is 272 g/mol. The van der Waals surface area contributed by atoms with E-state index in [1.165, 1.54) is 0 Å². The van der Waals surface area contributed by atoms with Crippen LogP contribution >= 0.6 is 0 Å². The third-order valence-electron chi connectivity index (χ3n) is 3.87. The summed E-state index contributed by atoms with van der Waals surface area (Å²) >= 11 is 0. The predicted molar refractivity (Wildman–Crippen MR) is 80.2 cm³/mol. The van der Waals surface area contributed by atoms with Gasteiger partial charge in [-0.05, 0) is 31.1 Å². The van der Waals surface area contributed by atoms with E-state index in [-0.39, 0.29) is 24.4 Å². The van der Waals surface area contributed by atoms with Gasteiger partial charge in [0.2, 0.25) is 0 Å². The first-order valence-electron chi connectivity index (χ1n) is 7.70. The number of carbonyl (C=O) groups excluding carboxylic acids is 1. The molecule has 1 aliphatic rings. The van der Waals surface area contributed by atoms with Crippen LogP contribution in [-0.2, 0) is 9.53 Å². The van der Waals surface area contributed by atoms with Crippen molar-refractivity contribution >= 4 is 12.0 Å². The molecule has 122 valence electrons. The van der Waals surface area contributed by atoms with Crippen molar-refractivity contribution in [1.29, 1.82) is 0 Å². The highest BCUT2D eigenvalue weighted by molar-refractivity contribution is 5.74. The number of amides is 2. The van der Waals surface area contributed by atoms with Gasteiger partial charge in [-0.25, -0.2) is 4.79 Å². The lowest BCUT2D eigenvalue weighted by molar-refractivity contribution is -0.138. The Morgan fingerprint density at radius 2 is 1.95 bits per heavy atom. The quantitative estimate of drug-likeness (QED) is 0.753. The fourth-order valence-corrected chi connectivity index (χ4v) is 2.75. The molecule has 1 aliphatic heterocycles. The van der Waals surface area contributed by atoms with Gasteiger partial charge in [0, 0.05) is 39.3 Å². The molecule has 0 aliphatic carbocycles. The lowest BCUT2D eigenvalue weighted by Crippen LogP contribution is -2.47. The molecule has 1 unspecified atom stereocenters. The summed E-state index contributed by atoms with van der Waals surface area (Å²) in [7, 11) is 1.79. The molecule has 0 aromatic rings. The largest absolute Gasteiger partial charge is 0.481 e. The second kappa shape index (κ2) is 8.87. The van der Waals surface area contributed by atoms with Gasteiger partial charge in [-0.15, -0.1) is 0 Å². The van der Waals surface area contributed by atoms with Crippen LogP contribution in [0.15, 0.2) is 0 Å². The van der Waals surface area contributed by atoms with E-state index in [9.17, 15) is 9.59 Å². The molecule has 2 amide bonds. The number of carboxylic acid groups (broad SMARTS) is 1. The summed E-state index contributed by atoms with van der Waals surface area (Å²) < 4.78 is 5.29. The molecule has 6 heteroatoms. The maximum absolute atomic E-state index is 12.1. The maximum atomic E-state index is 12.1. The van der Waals surface area contributed by atoms with E-state index in [0.717, 1.165) is 19.3 Å². The van der Waals surface area contributed by atoms with Crippen molar-refractivity contribution in [3.05, 3.63) is 0 Å². The average molecular weight is 300 g/mol. The van der Waals surface area contributed by atoms with Crippen molar-refractivity contribution in [2.24, 2.45) is 11.8 Å². The molecule has 0 aromatic heterocycles. The van der Waals surface area contributed by atoms with E-state index < -0.39 is 5.97 Å². The summed E-state index contributed by atoms with van der Waals surface area (Å²) in [6, 6.07) is 0.0859. The van der Waals surface area contributed by atoms with Crippen LogP contribution in [0.2, 0.25) is 0 Å². The van der Waals surface area contributed by atoms with Crippen LogP contribution in [0.3, 0.4) is 0 Å². The molecule has 0 radical (unpaired) electrons. The summed E-state index contributed by atoms with van der Waals surface area (Å²) in [4.78, 5) is 24.7. The van der Waals surface area contributed by atoms with E-state index in [4.69, 9.17) is 9.84 Å². The number of aliphatic carboxylic acids is 1. The molecular formula is C15H28N2O4. The Hall–Kier alpha value is -1.30. The van der Waals surface area contributed by atoms with E-state index >= 15 is 0 Å². The zero-order valence-corrected chi connectivity index (χ0v) is 13.3. The highest BCUT2D eigenvalue weighted by atomic mass is 16.5. The molecule has 1 heterocycles. The second-order valence-corrected chi connectivity index (χ2v) is 6.23. The molecule has 2 N–H and O–H groups in total. The van der Waals surface area contributed by atoms with E-state index in [1.807, 2.05) is 0 Å². The van der Waals surface area contributed by atoms with Gasteiger partial charge in [0.25, 0.3) is 0 Å². The van der Waals surface area contributed by atoms with Crippen molar-refractivity contribution in [1.82, 2.24) is 10.2 Å². The molecule has 0 bridgehead atoms. The van der Waals surface area contributed by atoms with Gasteiger partial charge in [0.15, 0.2) is 0 Å². The van der Waals surface area contributed by atoms with Crippen molar-refractivity contribution in [2.45, 2.75) is 45.6 Å². The van der Waals surface area contributed by atoms with Crippen molar-refractivity contribution in [2.75, 3.05) is 26.8 Å². The Balaban J connectivity index is 2.41. The predicted octanol–water partition coefficient (Wildman–Crippen LogP) is 1.94. The average Bonchev–Trinajstić information content (AvgIpc) is 2.43. The van der Waals surface area contributed by atoms with Gasteiger partial charge in [0.05, 0.1) is 0 Å². The number of ether oxygens (including phenoxy) is 1. The third-order valence-corrected chi connectivity index (χ3v) is 3.87. The summed E-state index contributed by atoms with van der Waals surface area (Å²) in [6.07, 6.45) is 2.61. The fourth-order valence-electron chi connectivity index (χ4n) is 2.75. The van der Waals surface area contributed by atoms with Crippen molar-refractivity contribution in [3.8, 4) is 0 Å². The van der Waals surface area contributed by atoms with E-state index in [1.54, 1.807) is 11.9 Å². The number of urea groups is 1. The number of rotatable bonds is 7. The fraction of sp³-hybridized carbons (Fsp3) is 0.867. The topological polar surface area (TPSA) is 78.9 Å². The van der Waals surface area contributed by atoms with Crippen LogP contribution in [0.4, 0.5) is 4.79 Å². The molecule has 6 nitrogen and oxygen atoms in total. The molecule has 0 aromatic carbocycles. The summed E-state index contributed by atoms with van der Waals surface area (Å²) in [5.74, 6) is -0.415. The van der Waals surface area contributed by atoms with Gasteiger partial charge < -0.3 is 20.1 Å². The lowest BCUT2D eigenvalue weighted by atomic mass is 9.94. The smallest absolute Gasteiger partial charge is 0.317 e. The standard InChI is InChI=1S/C15H28N2O4/c1-11(2)8-12(9-14(18)19)10-16-15(20)17(3)13-4-6-21-7-5-13/h11-13H,4-10H2,1-3H3,(H,16,20)(H,18,19). The summed E-state index contributed by atoms with van der Waals surface area (Å²) in [5.41, 5.74) is 0. The number of nitrogens with zero attached hydrogens (tertiary/aromatic N) is 1. The lowest BCUT2D eigenvalue weighted by Gasteiger charge is -2.31. The Morgan fingerprint density at radius 3 is 2.48 bits per heavy atom. The van der Waals surface area contributed by atoms with Crippen LogP contribution in [-0.4, -0.2) is 54.9 Å². The minimum Gasteiger partial charge on any atom is -0.481 e.